The van der Waals surface area contributed by atoms with E-state index in [1.807, 2.05) is 13.8 Å². The molecule has 4 rings (SSSR count). The van der Waals surface area contributed by atoms with Crippen LogP contribution < -0.4 is 18.9 Å². The fraction of sp³-hybridized carbons (Fsp3) is 0.429. The molecule has 0 spiro atoms. The van der Waals surface area contributed by atoms with Crippen molar-refractivity contribution in [3.63, 3.8) is 0 Å². The van der Waals surface area contributed by atoms with Gasteiger partial charge in [-0.2, -0.15) is 0 Å². The lowest BCUT2D eigenvalue weighted by atomic mass is 9.94. The van der Waals surface area contributed by atoms with Gasteiger partial charge in [-0.1, -0.05) is 0 Å². The summed E-state index contributed by atoms with van der Waals surface area (Å²) in [5.74, 6) is 0.207. The maximum absolute atomic E-state index is 13.4. The largest absolute Gasteiger partial charge is 0.507 e. The van der Waals surface area contributed by atoms with Crippen molar-refractivity contribution < 1.29 is 38.4 Å². The molecule has 1 N–H and O–H groups in total. The molecule has 2 aliphatic heterocycles. The minimum absolute atomic E-state index is 0.00270. The van der Waals surface area contributed by atoms with Gasteiger partial charge in [0, 0.05) is 25.1 Å². The molecule has 1 amide bonds. The Morgan fingerprint density at radius 3 is 2.41 bits per heavy atom. The van der Waals surface area contributed by atoms with Crippen molar-refractivity contribution in [1.29, 1.82) is 0 Å². The number of aliphatic hydroxyl groups excluding tert-OH is 1. The first-order valence-corrected chi connectivity index (χ1v) is 12.3. The molecule has 1 fully saturated rings. The minimum atomic E-state index is -0.864. The van der Waals surface area contributed by atoms with Gasteiger partial charge in [-0.15, -0.1) is 0 Å². The lowest BCUT2D eigenvalue weighted by Gasteiger charge is -2.26. The fourth-order valence-electron chi connectivity index (χ4n) is 4.76. The Morgan fingerprint density at radius 2 is 1.78 bits per heavy atom. The van der Waals surface area contributed by atoms with E-state index < -0.39 is 17.7 Å². The lowest BCUT2D eigenvalue weighted by Crippen LogP contribution is -2.31. The van der Waals surface area contributed by atoms with Crippen LogP contribution >= 0.6 is 0 Å². The van der Waals surface area contributed by atoms with Gasteiger partial charge in [0.2, 0.25) is 5.75 Å². The lowest BCUT2D eigenvalue weighted by molar-refractivity contribution is -0.140. The summed E-state index contributed by atoms with van der Waals surface area (Å²) in [4.78, 5) is 28.1. The average Bonchev–Trinajstić information content (AvgIpc) is 3.47. The normalized spacial score (nSPS) is 18.2. The Bertz CT molecular complexity index is 1190. The molecule has 1 atom stereocenters. The van der Waals surface area contributed by atoms with Crippen LogP contribution in [-0.4, -0.2) is 68.9 Å². The first kappa shape index (κ1) is 26.3. The average molecular weight is 512 g/mol. The number of carbonyl (C=O) groups excluding carboxylic acids is 2. The van der Waals surface area contributed by atoms with Gasteiger partial charge >= 0.3 is 0 Å². The molecule has 2 aliphatic rings. The highest BCUT2D eigenvalue weighted by atomic mass is 16.5. The third-order valence-electron chi connectivity index (χ3n) is 6.50. The van der Waals surface area contributed by atoms with Crippen LogP contribution in [0.4, 0.5) is 0 Å². The number of methoxy groups -OCH3 is 3. The van der Waals surface area contributed by atoms with Crippen molar-refractivity contribution >= 4 is 17.4 Å². The number of nitrogens with zero attached hydrogens (tertiary/aromatic N) is 1. The summed E-state index contributed by atoms with van der Waals surface area (Å²) in [5, 5.41) is 11.4. The summed E-state index contributed by atoms with van der Waals surface area (Å²) in [5.41, 5.74) is 1.93. The molecule has 1 saturated heterocycles. The topological polar surface area (TPSA) is 104 Å². The van der Waals surface area contributed by atoms with Gasteiger partial charge in [0.25, 0.3) is 11.7 Å². The number of Topliss-reactive ketones (excluding diaryl/α,β-unsaturated/α-hetero) is 1. The number of rotatable bonds is 10. The molecule has 37 heavy (non-hydrogen) atoms. The summed E-state index contributed by atoms with van der Waals surface area (Å²) in [6.45, 7) is 5.11. The van der Waals surface area contributed by atoms with Crippen LogP contribution in [0.5, 0.6) is 23.0 Å². The van der Waals surface area contributed by atoms with Crippen molar-refractivity contribution in [3.05, 3.63) is 52.6 Å². The van der Waals surface area contributed by atoms with E-state index in [4.69, 9.17) is 23.7 Å². The number of fused-ring (bicyclic) bond motifs is 1. The predicted molar refractivity (Wildman–Crippen MR) is 136 cm³/mol. The quantitative estimate of drug-likeness (QED) is 0.222. The monoisotopic (exact) mass is 511 g/mol. The third kappa shape index (κ3) is 5.09. The number of hydrogen-bond acceptors (Lipinski definition) is 8. The van der Waals surface area contributed by atoms with Crippen molar-refractivity contribution in [2.45, 2.75) is 38.8 Å². The van der Waals surface area contributed by atoms with Gasteiger partial charge in [0.05, 0.1) is 45.7 Å². The molecule has 0 saturated carbocycles. The SMILES string of the molecule is COc1cc(C2/C(=C(\O)c3ccc4c(c3)CCO4)C(=O)C(=O)N2CCCOC(C)C)cc(OC)c1OC. The molecule has 198 valence electrons. The third-order valence-corrected chi connectivity index (χ3v) is 6.50. The van der Waals surface area contributed by atoms with Crippen LogP contribution in [0.3, 0.4) is 0 Å². The zero-order chi connectivity index (χ0) is 26.7. The minimum Gasteiger partial charge on any atom is -0.507 e. The number of likely N-dealkylation sites (tertiary alicyclic amines) is 1. The molecule has 2 aromatic rings. The number of hydrogen-bond donors (Lipinski definition) is 1. The first-order chi connectivity index (χ1) is 17.8. The number of ether oxygens (including phenoxy) is 5. The molecule has 0 aliphatic carbocycles. The summed E-state index contributed by atoms with van der Waals surface area (Å²) < 4.78 is 27.7. The fourth-order valence-corrected chi connectivity index (χ4v) is 4.76. The Morgan fingerprint density at radius 1 is 1.08 bits per heavy atom. The molecule has 9 heteroatoms. The van der Waals surface area contributed by atoms with Crippen molar-refractivity contribution in [1.82, 2.24) is 4.90 Å². The Kier molecular flexibility index (Phi) is 7.92. The van der Waals surface area contributed by atoms with Crippen LogP contribution in [-0.2, 0) is 20.7 Å². The molecule has 0 radical (unpaired) electrons. The maximum Gasteiger partial charge on any atom is 0.295 e. The molecule has 0 bridgehead atoms. The molecule has 1 unspecified atom stereocenters. The van der Waals surface area contributed by atoms with E-state index in [1.54, 1.807) is 30.3 Å². The maximum atomic E-state index is 13.4. The molecular weight excluding hydrogens is 478 g/mol. The van der Waals surface area contributed by atoms with E-state index in [0.29, 0.717) is 54.4 Å². The van der Waals surface area contributed by atoms with Gasteiger partial charge in [-0.3, -0.25) is 9.59 Å². The van der Waals surface area contributed by atoms with Crippen molar-refractivity contribution in [2.24, 2.45) is 0 Å². The molecular formula is C28H33NO8. The van der Waals surface area contributed by atoms with E-state index in [1.165, 1.54) is 26.2 Å². The highest BCUT2D eigenvalue weighted by Gasteiger charge is 2.46. The number of ketones is 1. The molecule has 2 aromatic carbocycles. The van der Waals surface area contributed by atoms with Gasteiger partial charge in [0.1, 0.15) is 11.5 Å². The molecule has 2 heterocycles. The zero-order valence-electron chi connectivity index (χ0n) is 21.8. The summed E-state index contributed by atoms with van der Waals surface area (Å²) in [7, 11) is 4.49. The van der Waals surface area contributed by atoms with Crippen LogP contribution in [0.1, 0.15) is 43.0 Å². The highest BCUT2D eigenvalue weighted by Crippen LogP contribution is 2.46. The van der Waals surface area contributed by atoms with Crippen molar-refractivity contribution in [2.75, 3.05) is 41.1 Å². The van der Waals surface area contributed by atoms with E-state index >= 15 is 0 Å². The second-order valence-electron chi connectivity index (χ2n) is 9.15. The number of amides is 1. The molecule has 0 aromatic heterocycles. The number of carbonyl (C=O) groups is 2. The van der Waals surface area contributed by atoms with Gasteiger partial charge in [0.15, 0.2) is 11.5 Å². The Labute approximate surface area is 216 Å². The van der Waals surface area contributed by atoms with E-state index in [0.717, 1.165) is 11.3 Å². The van der Waals surface area contributed by atoms with Crippen LogP contribution in [0, 0.1) is 0 Å². The van der Waals surface area contributed by atoms with Gasteiger partial charge in [-0.25, -0.2) is 0 Å². The van der Waals surface area contributed by atoms with E-state index in [-0.39, 0.29) is 24.0 Å². The first-order valence-electron chi connectivity index (χ1n) is 12.3. The zero-order valence-corrected chi connectivity index (χ0v) is 21.8. The summed E-state index contributed by atoms with van der Waals surface area (Å²) in [6.07, 6.45) is 1.27. The van der Waals surface area contributed by atoms with Gasteiger partial charge in [-0.05, 0) is 61.7 Å². The van der Waals surface area contributed by atoms with Crippen LogP contribution in [0.15, 0.2) is 35.9 Å². The second kappa shape index (κ2) is 11.1. The standard InChI is InChI=1S/C28H33NO8/c1-16(2)36-11-6-10-29-24(19-14-21(33-3)27(35-5)22(15-19)34-4)23(26(31)28(29)32)25(30)18-7-8-20-17(13-18)9-12-37-20/h7-8,13-16,24,30H,6,9-12H2,1-5H3/b25-23+. The van der Waals surface area contributed by atoms with Crippen molar-refractivity contribution in [3.8, 4) is 23.0 Å². The number of benzene rings is 2. The molecule has 9 nitrogen and oxygen atoms in total. The van der Waals surface area contributed by atoms with Gasteiger partial charge < -0.3 is 33.7 Å². The smallest absolute Gasteiger partial charge is 0.295 e. The second-order valence-corrected chi connectivity index (χ2v) is 9.15. The predicted octanol–water partition coefficient (Wildman–Crippen LogP) is 3.88. The van der Waals surface area contributed by atoms with E-state index in [9.17, 15) is 14.7 Å². The van der Waals surface area contributed by atoms with Crippen LogP contribution in [0.2, 0.25) is 0 Å². The van der Waals surface area contributed by atoms with E-state index in [2.05, 4.69) is 0 Å². The Balaban J connectivity index is 1.83. The Hall–Kier alpha value is -3.72. The van der Waals surface area contributed by atoms with Crippen LogP contribution in [0.25, 0.3) is 5.76 Å². The highest BCUT2D eigenvalue weighted by molar-refractivity contribution is 6.46. The number of aliphatic hydroxyl groups is 1. The summed E-state index contributed by atoms with van der Waals surface area (Å²) >= 11 is 0. The summed E-state index contributed by atoms with van der Waals surface area (Å²) in [6, 6.07) is 7.78.